The Labute approximate surface area is 87.9 Å². The molecule has 0 amide bonds. The highest BCUT2D eigenvalue weighted by molar-refractivity contribution is 6.78. The molecule has 0 aromatic heterocycles. The molecule has 1 nitrogen and oxygen atoms in total. The average Bonchev–Trinajstić information content (AvgIpc) is 2.42. The van der Waals surface area contributed by atoms with Gasteiger partial charge < -0.3 is 4.74 Å². The number of allylic oxidation sites excluding steroid dienone is 1. The zero-order valence-corrected chi connectivity index (χ0v) is 10.5. The number of hydrogen-bond acceptors (Lipinski definition) is 1. The molecule has 1 heterocycles. The molecule has 0 fully saturated rings. The van der Waals surface area contributed by atoms with E-state index in [1.807, 2.05) is 0 Å². The summed E-state index contributed by atoms with van der Waals surface area (Å²) in [6.07, 6.45) is 7.21. The van der Waals surface area contributed by atoms with Crippen molar-refractivity contribution in [3.05, 3.63) is 23.3 Å². The van der Waals surface area contributed by atoms with Gasteiger partial charge in [-0.2, -0.15) is 0 Å². The fourth-order valence-electron chi connectivity index (χ4n) is 2.55. The van der Waals surface area contributed by atoms with E-state index in [-0.39, 0.29) is 0 Å². The van der Waals surface area contributed by atoms with E-state index < -0.39 is 8.07 Å². The quantitative estimate of drug-likeness (QED) is 0.600. The van der Waals surface area contributed by atoms with Gasteiger partial charge in [0.1, 0.15) is 0 Å². The Morgan fingerprint density at radius 3 is 2.79 bits per heavy atom. The Kier molecular flexibility index (Phi) is 2.67. The van der Waals surface area contributed by atoms with Crippen molar-refractivity contribution >= 4 is 8.07 Å². The lowest BCUT2D eigenvalue weighted by Crippen LogP contribution is -2.30. The summed E-state index contributed by atoms with van der Waals surface area (Å²) in [5, 5.41) is 0. The van der Waals surface area contributed by atoms with E-state index in [4.69, 9.17) is 4.74 Å². The average molecular weight is 208 g/mol. The van der Waals surface area contributed by atoms with E-state index >= 15 is 0 Å². The number of ether oxygens (including phenoxy) is 1. The monoisotopic (exact) mass is 208 g/mol. The van der Waals surface area contributed by atoms with Gasteiger partial charge in [-0.1, -0.05) is 31.8 Å². The first-order valence-electron chi connectivity index (χ1n) is 5.55. The van der Waals surface area contributed by atoms with Crippen molar-refractivity contribution in [2.45, 2.75) is 38.0 Å². The first-order chi connectivity index (χ1) is 6.59. The molecule has 0 aromatic carbocycles. The maximum absolute atomic E-state index is 5.57. The molecule has 0 radical (unpaired) electrons. The fourth-order valence-corrected chi connectivity index (χ4v) is 4.90. The Balaban J connectivity index is 2.30. The van der Waals surface area contributed by atoms with Gasteiger partial charge in [-0.3, -0.25) is 0 Å². The zero-order valence-electron chi connectivity index (χ0n) is 9.47. The van der Waals surface area contributed by atoms with Crippen LogP contribution in [0.4, 0.5) is 0 Å². The van der Waals surface area contributed by atoms with Crippen LogP contribution in [0.3, 0.4) is 0 Å². The predicted molar refractivity (Wildman–Crippen MR) is 63.3 cm³/mol. The van der Waals surface area contributed by atoms with Gasteiger partial charge in [0.05, 0.1) is 21.3 Å². The number of hydrogen-bond donors (Lipinski definition) is 0. The summed E-state index contributed by atoms with van der Waals surface area (Å²) < 4.78 is 5.57. The van der Waals surface area contributed by atoms with Crippen LogP contribution in [0.25, 0.3) is 0 Å². The third kappa shape index (κ3) is 1.86. The van der Waals surface area contributed by atoms with Gasteiger partial charge in [0, 0.05) is 0 Å². The van der Waals surface area contributed by atoms with Gasteiger partial charge in [-0.05, 0) is 29.5 Å². The summed E-state index contributed by atoms with van der Waals surface area (Å²) in [6.45, 7) is 9.19. The molecule has 2 heteroatoms. The summed E-state index contributed by atoms with van der Waals surface area (Å²) in [6, 6.07) is 0. The largest absolute Gasteiger partial charge is 0.372 e. The molecule has 1 aliphatic heterocycles. The van der Waals surface area contributed by atoms with E-state index in [1.165, 1.54) is 18.4 Å². The second-order valence-corrected chi connectivity index (χ2v) is 10.9. The Morgan fingerprint density at radius 2 is 2.07 bits per heavy atom. The molecule has 0 aromatic rings. The minimum atomic E-state index is -1.05. The van der Waals surface area contributed by atoms with Crippen LogP contribution >= 0.6 is 0 Å². The molecular weight excluding hydrogens is 188 g/mol. The molecule has 0 spiro atoms. The van der Waals surface area contributed by atoms with Crippen molar-refractivity contribution in [3.63, 3.8) is 0 Å². The van der Waals surface area contributed by atoms with Crippen LogP contribution in [-0.4, -0.2) is 21.3 Å². The second-order valence-electron chi connectivity index (χ2n) is 5.44. The normalized spacial score (nSPS) is 27.8. The molecule has 0 saturated heterocycles. The van der Waals surface area contributed by atoms with Crippen LogP contribution in [0.5, 0.6) is 0 Å². The van der Waals surface area contributed by atoms with E-state index in [9.17, 15) is 0 Å². The van der Waals surface area contributed by atoms with E-state index in [0.29, 0.717) is 0 Å². The first kappa shape index (κ1) is 10.2. The summed E-state index contributed by atoms with van der Waals surface area (Å²) in [7, 11) is -1.05. The van der Waals surface area contributed by atoms with Crippen molar-refractivity contribution < 1.29 is 4.74 Å². The summed E-state index contributed by atoms with van der Waals surface area (Å²) in [5.74, 6) is 0. The van der Waals surface area contributed by atoms with Crippen molar-refractivity contribution in [3.8, 4) is 0 Å². The van der Waals surface area contributed by atoms with Crippen LogP contribution in [-0.2, 0) is 4.74 Å². The first-order valence-corrected chi connectivity index (χ1v) is 9.13. The standard InChI is InChI=1S/C12H20OSi/c1-14(2,3)12-7-5-4-6-10-8-13-9-11(10)12/h4,6,12H,5,7-9H2,1-3H3. The van der Waals surface area contributed by atoms with Crippen molar-refractivity contribution in [1.82, 2.24) is 0 Å². The molecule has 1 aliphatic carbocycles. The van der Waals surface area contributed by atoms with Crippen LogP contribution in [0.2, 0.25) is 25.2 Å². The van der Waals surface area contributed by atoms with E-state index in [1.54, 1.807) is 5.57 Å². The lowest BCUT2D eigenvalue weighted by atomic mass is 10.1. The Morgan fingerprint density at radius 1 is 1.29 bits per heavy atom. The number of rotatable bonds is 1. The van der Waals surface area contributed by atoms with Gasteiger partial charge in [0.15, 0.2) is 0 Å². The minimum absolute atomic E-state index is 0.843. The van der Waals surface area contributed by atoms with Crippen LogP contribution in [0.15, 0.2) is 23.3 Å². The third-order valence-corrected chi connectivity index (χ3v) is 6.06. The smallest absolute Gasteiger partial charge is 0.0721 e. The highest BCUT2D eigenvalue weighted by Gasteiger charge is 2.33. The van der Waals surface area contributed by atoms with Gasteiger partial charge in [0.25, 0.3) is 0 Å². The SMILES string of the molecule is C[Si](C)(C)C1CCC=CC2=C1COC2. The summed E-state index contributed by atoms with van der Waals surface area (Å²) >= 11 is 0. The predicted octanol–water partition coefficient (Wildman–Crippen LogP) is 3.37. The Bertz CT molecular complexity index is 283. The van der Waals surface area contributed by atoms with Gasteiger partial charge in [-0.15, -0.1) is 0 Å². The lowest BCUT2D eigenvalue weighted by molar-refractivity contribution is 0.203. The Hall–Kier alpha value is -0.343. The van der Waals surface area contributed by atoms with Crippen LogP contribution < -0.4 is 0 Å². The van der Waals surface area contributed by atoms with Crippen molar-refractivity contribution in [1.29, 1.82) is 0 Å². The minimum Gasteiger partial charge on any atom is -0.372 e. The molecule has 1 unspecified atom stereocenters. The fraction of sp³-hybridized carbons (Fsp3) is 0.667. The van der Waals surface area contributed by atoms with Crippen LogP contribution in [0.1, 0.15) is 12.8 Å². The molecule has 0 saturated carbocycles. The van der Waals surface area contributed by atoms with Gasteiger partial charge >= 0.3 is 0 Å². The topological polar surface area (TPSA) is 9.23 Å². The molecule has 2 aliphatic rings. The molecule has 0 bridgehead atoms. The molecule has 2 rings (SSSR count). The van der Waals surface area contributed by atoms with Crippen molar-refractivity contribution in [2.75, 3.05) is 13.2 Å². The summed E-state index contributed by atoms with van der Waals surface area (Å²) in [5.41, 5.74) is 3.95. The highest BCUT2D eigenvalue weighted by Crippen LogP contribution is 2.40. The van der Waals surface area contributed by atoms with Crippen molar-refractivity contribution in [2.24, 2.45) is 0 Å². The highest BCUT2D eigenvalue weighted by atomic mass is 28.3. The second kappa shape index (κ2) is 3.67. The third-order valence-electron chi connectivity index (χ3n) is 3.33. The van der Waals surface area contributed by atoms with Gasteiger partial charge in [-0.25, -0.2) is 0 Å². The zero-order chi connectivity index (χ0) is 10.2. The summed E-state index contributed by atoms with van der Waals surface area (Å²) in [4.78, 5) is 0. The van der Waals surface area contributed by atoms with Crippen LogP contribution in [0, 0.1) is 0 Å². The molecule has 14 heavy (non-hydrogen) atoms. The molecular formula is C12H20OSi. The maximum atomic E-state index is 5.57. The molecule has 78 valence electrons. The van der Waals surface area contributed by atoms with Gasteiger partial charge in [0.2, 0.25) is 0 Å². The molecule has 1 atom stereocenters. The van der Waals surface area contributed by atoms with E-state index in [2.05, 4.69) is 31.8 Å². The lowest BCUT2D eigenvalue weighted by Gasteiger charge is -2.29. The van der Waals surface area contributed by atoms with E-state index in [0.717, 1.165) is 18.8 Å². The molecule has 0 N–H and O–H groups in total. The maximum Gasteiger partial charge on any atom is 0.0721 e.